The molecule has 0 aliphatic rings. The quantitative estimate of drug-likeness (QED) is 0.543. The molecule has 10 heteroatoms. The Balaban J connectivity index is 1.68. The van der Waals surface area contributed by atoms with Crippen molar-refractivity contribution in [2.75, 3.05) is 23.5 Å². The van der Waals surface area contributed by atoms with Crippen LogP contribution in [0.3, 0.4) is 0 Å². The number of anilines is 2. The molecule has 0 unspecified atom stereocenters. The van der Waals surface area contributed by atoms with Crippen molar-refractivity contribution in [1.82, 2.24) is 14.8 Å². The minimum absolute atomic E-state index is 0.129. The zero-order valence-corrected chi connectivity index (χ0v) is 17.1. The normalized spacial score (nSPS) is 10.6. The van der Waals surface area contributed by atoms with E-state index in [9.17, 15) is 9.59 Å². The first-order valence-corrected chi connectivity index (χ1v) is 9.85. The lowest BCUT2D eigenvalue weighted by Crippen LogP contribution is -2.16. The average molecular weight is 415 g/mol. The van der Waals surface area contributed by atoms with Crippen molar-refractivity contribution >= 4 is 35.0 Å². The molecule has 0 saturated heterocycles. The van der Waals surface area contributed by atoms with Crippen LogP contribution >= 0.6 is 11.8 Å². The average Bonchev–Trinajstić information content (AvgIpc) is 3.35. The summed E-state index contributed by atoms with van der Waals surface area (Å²) in [6.07, 6.45) is 1.58. The predicted molar refractivity (Wildman–Crippen MR) is 110 cm³/mol. The molecule has 0 spiro atoms. The molecular formula is C19H21N5O4S. The van der Waals surface area contributed by atoms with E-state index in [0.29, 0.717) is 40.4 Å². The van der Waals surface area contributed by atoms with Crippen LogP contribution in [0, 0.1) is 0 Å². The van der Waals surface area contributed by atoms with Crippen molar-refractivity contribution in [3.63, 3.8) is 0 Å². The van der Waals surface area contributed by atoms with E-state index in [0.717, 1.165) is 0 Å². The van der Waals surface area contributed by atoms with Crippen LogP contribution in [0.25, 0.3) is 11.6 Å². The third-order valence-corrected chi connectivity index (χ3v) is 4.87. The number of rotatable bonds is 8. The van der Waals surface area contributed by atoms with Crippen molar-refractivity contribution in [2.24, 2.45) is 0 Å². The van der Waals surface area contributed by atoms with Crippen LogP contribution < -0.4 is 15.4 Å². The number of methoxy groups -OCH3 is 1. The lowest BCUT2D eigenvalue weighted by atomic mass is 10.2. The highest BCUT2D eigenvalue weighted by Gasteiger charge is 2.17. The van der Waals surface area contributed by atoms with E-state index in [1.807, 2.05) is 17.6 Å². The summed E-state index contributed by atoms with van der Waals surface area (Å²) in [5, 5.41) is 14.4. The fraction of sp³-hybridized carbons (Fsp3) is 0.263. The largest absolute Gasteiger partial charge is 0.495 e. The summed E-state index contributed by atoms with van der Waals surface area (Å²) in [4.78, 5) is 23.7. The Bertz CT molecular complexity index is 1000. The number of carbonyl (C=O) groups is 2. The summed E-state index contributed by atoms with van der Waals surface area (Å²) in [5.41, 5.74) is 1.03. The molecule has 0 saturated carbocycles. The Kier molecular flexibility index (Phi) is 6.55. The maximum atomic E-state index is 12.5. The van der Waals surface area contributed by atoms with Gasteiger partial charge in [0.05, 0.1) is 24.8 Å². The number of hydrogen-bond acceptors (Lipinski definition) is 7. The highest BCUT2D eigenvalue weighted by Crippen LogP contribution is 2.29. The summed E-state index contributed by atoms with van der Waals surface area (Å²) in [6, 6.07) is 8.62. The van der Waals surface area contributed by atoms with Crippen LogP contribution in [-0.2, 0) is 16.1 Å². The number of benzene rings is 1. The molecule has 2 amide bonds. The number of nitrogens with zero attached hydrogens (tertiary/aromatic N) is 3. The lowest BCUT2D eigenvalue weighted by molar-refractivity contribution is -0.114. The monoisotopic (exact) mass is 415 g/mol. The molecule has 0 bridgehead atoms. The molecule has 152 valence electrons. The smallest absolute Gasteiger partial charge is 0.234 e. The van der Waals surface area contributed by atoms with Gasteiger partial charge < -0.3 is 19.8 Å². The van der Waals surface area contributed by atoms with Crippen molar-refractivity contribution in [1.29, 1.82) is 0 Å². The van der Waals surface area contributed by atoms with Gasteiger partial charge in [-0.15, -0.1) is 10.2 Å². The number of amides is 2. The predicted octanol–water partition coefficient (Wildman–Crippen LogP) is 3.26. The van der Waals surface area contributed by atoms with Crippen molar-refractivity contribution < 1.29 is 18.7 Å². The van der Waals surface area contributed by atoms with Gasteiger partial charge in [-0.1, -0.05) is 11.8 Å². The van der Waals surface area contributed by atoms with Crippen LogP contribution in [0.4, 0.5) is 11.4 Å². The van der Waals surface area contributed by atoms with Gasteiger partial charge in [0.2, 0.25) is 11.8 Å². The molecule has 29 heavy (non-hydrogen) atoms. The number of ether oxygens (including phenoxy) is 1. The van der Waals surface area contributed by atoms with Gasteiger partial charge in [-0.2, -0.15) is 0 Å². The van der Waals surface area contributed by atoms with Crippen molar-refractivity contribution in [3.05, 3.63) is 36.6 Å². The number of furan rings is 1. The van der Waals surface area contributed by atoms with Crippen LogP contribution in [0.2, 0.25) is 0 Å². The summed E-state index contributed by atoms with van der Waals surface area (Å²) in [7, 11) is 1.51. The van der Waals surface area contributed by atoms with Gasteiger partial charge >= 0.3 is 0 Å². The Morgan fingerprint density at radius 2 is 2.07 bits per heavy atom. The van der Waals surface area contributed by atoms with Crippen LogP contribution in [0.5, 0.6) is 5.75 Å². The van der Waals surface area contributed by atoms with E-state index in [4.69, 9.17) is 9.15 Å². The van der Waals surface area contributed by atoms with Crippen molar-refractivity contribution in [3.8, 4) is 17.3 Å². The van der Waals surface area contributed by atoms with Crippen molar-refractivity contribution in [2.45, 2.75) is 25.5 Å². The highest BCUT2D eigenvalue weighted by atomic mass is 32.2. The Morgan fingerprint density at radius 3 is 2.72 bits per heavy atom. The highest BCUT2D eigenvalue weighted by molar-refractivity contribution is 7.99. The topological polar surface area (TPSA) is 111 Å². The standard InChI is InChI=1S/C19H21N5O4S/c1-4-24-18(16-6-5-9-28-16)22-23-19(24)29-11-17(26)21-14-10-13(20-12(2)25)7-8-15(14)27-3/h5-10H,4,11H2,1-3H3,(H,20,25)(H,21,26). The molecule has 0 aliphatic heterocycles. The molecule has 2 aromatic heterocycles. The maximum Gasteiger partial charge on any atom is 0.234 e. The molecule has 3 rings (SSSR count). The molecule has 9 nitrogen and oxygen atoms in total. The van der Waals surface area contributed by atoms with Gasteiger partial charge in [0.1, 0.15) is 5.75 Å². The minimum Gasteiger partial charge on any atom is -0.495 e. The molecule has 0 radical (unpaired) electrons. The van der Waals surface area contributed by atoms with Gasteiger partial charge in [-0.25, -0.2) is 0 Å². The molecular weight excluding hydrogens is 394 g/mol. The number of carbonyl (C=O) groups excluding carboxylic acids is 2. The SMILES string of the molecule is CCn1c(SCC(=O)Nc2cc(NC(C)=O)ccc2OC)nnc1-c1ccco1. The summed E-state index contributed by atoms with van der Waals surface area (Å²) in [5.74, 6) is 1.42. The zero-order valence-electron chi connectivity index (χ0n) is 16.3. The summed E-state index contributed by atoms with van der Waals surface area (Å²) < 4.78 is 12.6. The van der Waals surface area contributed by atoms with E-state index in [1.165, 1.54) is 25.8 Å². The van der Waals surface area contributed by atoms with E-state index in [-0.39, 0.29) is 17.6 Å². The van der Waals surface area contributed by atoms with Crippen LogP contribution in [0.1, 0.15) is 13.8 Å². The Hall–Kier alpha value is -3.27. The minimum atomic E-state index is -0.238. The first kappa shape index (κ1) is 20.5. The van der Waals surface area contributed by atoms with E-state index < -0.39 is 0 Å². The van der Waals surface area contributed by atoms with Crippen LogP contribution in [0.15, 0.2) is 46.2 Å². The molecule has 0 fully saturated rings. The van der Waals surface area contributed by atoms with Gasteiger partial charge in [-0.3, -0.25) is 14.2 Å². The second-order valence-electron chi connectivity index (χ2n) is 5.96. The molecule has 1 aromatic carbocycles. The van der Waals surface area contributed by atoms with Gasteiger partial charge in [0.25, 0.3) is 0 Å². The Morgan fingerprint density at radius 1 is 1.24 bits per heavy atom. The van der Waals surface area contributed by atoms with E-state index in [2.05, 4.69) is 20.8 Å². The Labute approximate surface area is 171 Å². The fourth-order valence-electron chi connectivity index (χ4n) is 2.67. The molecule has 0 aliphatic carbocycles. The molecule has 0 atom stereocenters. The third-order valence-electron chi connectivity index (χ3n) is 3.90. The number of thioether (sulfide) groups is 1. The summed E-state index contributed by atoms with van der Waals surface area (Å²) in [6.45, 7) is 4.03. The van der Waals surface area contributed by atoms with E-state index >= 15 is 0 Å². The molecule has 2 heterocycles. The maximum absolute atomic E-state index is 12.5. The number of aromatic nitrogens is 3. The second kappa shape index (κ2) is 9.28. The number of hydrogen-bond donors (Lipinski definition) is 2. The van der Waals surface area contributed by atoms with Gasteiger partial charge in [0, 0.05) is 19.2 Å². The zero-order chi connectivity index (χ0) is 20.8. The fourth-order valence-corrected chi connectivity index (χ4v) is 3.47. The molecule has 2 N–H and O–H groups in total. The van der Waals surface area contributed by atoms with Crippen LogP contribution in [-0.4, -0.2) is 39.4 Å². The lowest BCUT2D eigenvalue weighted by Gasteiger charge is -2.12. The second-order valence-corrected chi connectivity index (χ2v) is 6.90. The summed E-state index contributed by atoms with van der Waals surface area (Å²) >= 11 is 1.27. The first-order chi connectivity index (χ1) is 14.0. The first-order valence-electron chi connectivity index (χ1n) is 8.87. The third kappa shape index (κ3) is 4.96. The number of nitrogens with one attached hydrogen (secondary N) is 2. The van der Waals surface area contributed by atoms with Gasteiger partial charge in [0.15, 0.2) is 16.7 Å². The molecule has 3 aromatic rings. The van der Waals surface area contributed by atoms with Gasteiger partial charge in [-0.05, 0) is 37.3 Å². The van der Waals surface area contributed by atoms with E-state index in [1.54, 1.807) is 30.5 Å².